The highest BCUT2D eigenvalue weighted by molar-refractivity contribution is 5.93. The van der Waals surface area contributed by atoms with Crippen LogP contribution in [0.2, 0.25) is 0 Å². The van der Waals surface area contributed by atoms with Crippen LogP contribution in [0.1, 0.15) is 18.4 Å². The lowest BCUT2D eigenvalue weighted by Crippen LogP contribution is -2.35. The molecule has 8 heteroatoms. The molecule has 1 fully saturated rings. The van der Waals surface area contributed by atoms with Gasteiger partial charge in [-0.1, -0.05) is 0 Å². The van der Waals surface area contributed by atoms with E-state index >= 15 is 0 Å². The maximum Gasteiger partial charge on any atom is 0.416 e. The number of aliphatic hydroxyl groups excluding tert-OH is 1. The van der Waals surface area contributed by atoms with Crippen LogP contribution in [0.5, 0.6) is 0 Å². The Kier molecular flexibility index (Phi) is 4.74. The molecule has 0 spiro atoms. The lowest BCUT2D eigenvalue weighted by molar-refractivity contribution is -0.137. The number of rotatable bonds is 5. The average molecular weight is 331 g/mol. The third-order valence-corrected chi connectivity index (χ3v) is 3.97. The summed E-state index contributed by atoms with van der Waals surface area (Å²) in [5.41, 5.74) is -0.546. The zero-order valence-corrected chi connectivity index (χ0v) is 13.0. The first kappa shape index (κ1) is 17.4. The number of hydrogen-bond donors (Lipinski definition) is 3. The van der Waals surface area contributed by atoms with E-state index in [4.69, 9.17) is 0 Å². The predicted molar refractivity (Wildman–Crippen MR) is 81.5 cm³/mol. The number of urea groups is 1. The second-order valence-electron chi connectivity index (χ2n) is 6.09. The minimum absolute atomic E-state index is 0.0141. The molecule has 3 N–H and O–H groups in total. The largest absolute Gasteiger partial charge is 0.416 e. The zero-order chi connectivity index (χ0) is 17.3. The quantitative estimate of drug-likeness (QED) is 0.777. The molecule has 23 heavy (non-hydrogen) atoms. The molecule has 0 aliphatic heterocycles. The van der Waals surface area contributed by atoms with Crippen molar-refractivity contribution in [3.63, 3.8) is 0 Å². The Hall–Kier alpha value is -1.96. The first-order valence-electron chi connectivity index (χ1n) is 7.21. The summed E-state index contributed by atoms with van der Waals surface area (Å²) in [7, 11) is 3.35. The normalized spacial score (nSPS) is 15.9. The van der Waals surface area contributed by atoms with Crippen molar-refractivity contribution in [2.24, 2.45) is 5.41 Å². The molecule has 2 rings (SSSR count). The number of carbonyl (C=O) groups is 1. The fraction of sp³-hybridized carbons (Fsp3) is 0.533. The number of anilines is 2. The minimum Gasteiger partial charge on any atom is -0.396 e. The first-order valence-corrected chi connectivity index (χ1v) is 7.21. The summed E-state index contributed by atoms with van der Waals surface area (Å²) in [5.74, 6) is 0. The molecule has 0 bridgehead atoms. The molecule has 1 aromatic carbocycles. The van der Waals surface area contributed by atoms with Crippen LogP contribution < -0.4 is 15.5 Å². The third-order valence-electron chi connectivity index (χ3n) is 3.97. The van der Waals surface area contributed by atoms with Crippen molar-refractivity contribution in [3.05, 3.63) is 23.8 Å². The number of hydrogen-bond acceptors (Lipinski definition) is 3. The smallest absolute Gasteiger partial charge is 0.396 e. The van der Waals surface area contributed by atoms with E-state index in [1.54, 1.807) is 19.0 Å². The summed E-state index contributed by atoms with van der Waals surface area (Å²) in [6.07, 6.45) is -2.82. The predicted octanol–water partition coefficient (Wildman–Crippen LogP) is 2.67. The van der Waals surface area contributed by atoms with Crippen molar-refractivity contribution >= 4 is 17.4 Å². The molecule has 1 aliphatic rings. The molecule has 1 aromatic rings. The van der Waals surface area contributed by atoms with Gasteiger partial charge in [-0.3, -0.25) is 0 Å². The molecule has 2 amide bonds. The Morgan fingerprint density at radius 1 is 1.35 bits per heavy atom. The van der Waals surface area contributed by atoms with E-state index in [1.807, 2.05) is 0 Å². The number of amides is 2. The van der Waals surface area contributed by atoms with Crippen LogP contribution in [0.15, 0.2) is 18.2 Å². The van der Waals surface area contributed by atoms with Gasteiger partial charge in [0.05, 0.1) is 23.5 Å². The summed E-state index contributed by atoms with van der Waals surface area (Å²) in [4.78, 5) is 13.6. The van der Waals surface area contributed by atoms with Crippen LogP contribution in [-0.2, 0) is 6.18 Å². The van der Waals surface area contributed by atoms with Crippen molar-refractivity contribution in [1.82, 2.24) is 5.32 Å². The van der Waals surface area contributed by atoms with Crippen LogP contribution in [0.4, 0.5) is 29.3 Å². The lowest BCUT2D eigenvalue weighted by Gasteiger charge is -2.20. The van der Waals surface area contributed by atoms with Gasteiger partial charge in [-0.05, 0) is 31.0 Å². The SMILES string of the molecule is CN(C)c1ccc(C(F)(F)F)cc1NC(=O)NCC1(CO)CC1. The van der Waals surface area contributed by atoms with Crippen molar-refractivity contribution in [2.45, 2.75) is 19.0 Å². The van der Waals surface area contributed by atoms with Gasteiger partial charge in [0.25, 0.3) is 0 Å². The summed E-state index contributed by atoms with van der Waals surface area (Å²) in [6.45, 7) is 0.283. The van der Waals surface area contributed by atoms with E-state index in [2.05, 4.69) is 10.6 Å². The molecule has 0 unspecified atom stereocenters. The summed E-state index contributed by atoms with van der Waals surface area (Å²) in [6, 6.07) is 2.61. The van der Waals surface area contributed by atoms with Crippen molar-refractivity contribution in [2.75, 3.05) is 37.5 Å². The van der Waals surface area contributed by atoms with Crippen LogP contribution in [0.3, 0.4) is 0 Å². The number of nitrogens with one attached hydrogen (secondary N) is 2. The third kappa shape index (κ3) is 4.28. The van der Waals surface area contributed by atoms with E-state index in [0.717, 1.165) is 25.0 Å². The summed E-state index contributed by atoms with van der Waals surface area (Å²) < 4.78 is 38.5. The molecule has 1 saturated carbocycles. The van der Waals surface area contributed by atoms with E-state index < -0.39 is 17.8 Å². The van der Waals surface area contributed by atoms with Gasteiger partial charge in [0.15, 0.2) is 0 Å². The van der Waals surface area contributed by atoms with Gasteiger partial charge in [-0.15, -0.1) is 0 Å². The second kappa shape index (κ2) is 6.27. The van der Waals surface area contributed by atoms with Crippen molar-refractivity contribution in [1.29, 1.82) is 0 Å². The number of halogens is 3. The van der Waals surface area contributed by atoms with Crippen molar-refractivity contribution < 1.29 is 23.1 Å². The Balaban J connectivity index is 2.11. The van der Waals surface area contributed by atoms with Crippen LogP contribution >= 0.6 is 0 Å². The second-order valence-corrected chi connectivity index (χ2v) is 6.09. The van der Waals surface area contributed by atoms with E-state index in [1.165, 1.54) is 6.07 Å². The Morgan fingerprint density at radius 2 is 2.00 bits per heavy atom. The number of aliphatic hydroxyl groups is 1. The van der Waals surface area contributed by atoms with Gasteiger partial charge < -0.3 is 20.6 Å². The molecule has 0 atom stereocenters. The fourth-order valence-corrected chi connectivity index (χ4v) is 2.20. The van der Waals surface area contributed by atoms with Gasteiger partial charge in [0, 0.05) is 26.1 Å². The van der Waals surface area contributed by atoms with E-state index in [-0.39, 0.29) is 17.7 Å². The average Bonchev–Trinajstić information content (AvgIpc) is 3.24. The number of benzene rings is 1. The topological polar surface area (TPSA) is 64.6 Å². The molecular weight excluding hydrogens is 311 g/mol. The summed E-state index contributed by atoms with van der Waals surface area (Å²) >= 11 is 0. The highest BCUT2D eigenvalue weighted by atomic mass is 19.4. The first-order chi connectivity index (χ1) is 10.7. The highest BCUT2D eigenvalue weighted by Gasteiger charge is 2.42. The molecule has 5 nitrogen and oxygen atoms in total. The molecule has 0 heterocycles. The molecule has 1 aliphatic carbocycles. The molecule has 0 radical (unpaired) electrons. The van der Waals surface area contributed by atoms with Crippen LogP contribution in [0, 0.1) is 5.41 Å². The fourth-order valence-electron chi connectivity index (χ4n) is 2.20. The highest BCUT2D eigenvalue weighted by Crippen LogP contribution is 2.44. The van der Waals surface area contributed by atoms with Gasteiger partial charge in [-0.25, -0.2) is 4.79 Å². The summed E-state index contributed by atoms with van der Waals surface area (Å²) in [5, 5.41) is 14.3. The van der Waals surface area contributed by atoms with Crippen LogP contribution in [0.25, 0.3) is 0 Å². The van der Waals surface area contributed by atoms with E-state index in [0.29, 0.717) is 12.2 Å². The molecule has 128 valence electrons. The standard InChI is InChI=1S/C15H20F3N3O2/c1-21(2)12-4-3-10(15(16,17)18)7-11(12)20-13(23)19-8-14(9-22)5-6-14/h3-4,7,22H,5-6,8-9H2,1-2H3,(H2,19,20,23). The van der Waals surface area contributed by atoms with Gasteiger partial charge in [0.1, 0.15) is 0 Å². The Bertz CT molecular complexity index is 584. The van der Waals surface area contributed by atoms with Gasteiger partial charge in [-0.2, -0.15) is 13.2 Å². The van der Waals surface area contributed by atoms with Gasteiger partial charge >= 0.3 is 12.2 Å². The maximum absolute atomic E-state index is 12.8. The van der Waals surface area contributed by atoms with E-state index in [9.17, 15) is 23.1 Å². The lowest BCUT2D eigenvalue weighted by atomic mass is 10.1. The Labute approximate surface area is 132 Å². The number of alkyl halides is 3. The Morgan fingerprint density at radius 3 is 2.48 bits per heavy atom. The van der Waals surface area contributed by atoms with Gasteiger partial charge in [0.2, 0.25) is 0 Å². The van der Waals surface area contributed by atoms with Crippen molar-refractivity contribution in [3.8, 4) is 0 Å². The minimum atomic E-state index is -4.48. The number of nitrogens with zero attached hydrogens (tertiary/aromatic N) is 1. The molecule has 0 aromatic heterocycles. The maximum atomic E-state index is 12.8. The monoisotopic (exact) mass is 331 g/mol. The number of carbonyl (C=O) groups excluding carboxylic acids is 1. The molecule has 0 saturated heterocycles. The molecular formula is C15H20F3N3O2. The zero-order valence-electron chi connectivity index (χ0n) is 13.0. The van der Waals surface area contributed by atoms with Crippen LogP contribution in [-0.4, -0.2) is 38.4 Å².